The topological polar surface area (TPSA) is 71.2 Å². The molecule has 0 atom stereocenters. The van der Waals surface area contributed by atoms with Crippen molar-refractivity contribution in [3.63, 3.8) is 0 Å². The number of fused-ring (bicyclic) bond motifs is 2. The van der Waals surface area contributed by atoms with E-state index >= 15 is 0 Å². The van der Waals surface area contributed by atoms with Crippen molar-refractivity contribution >= 4 is 38.8 Å². The number of hydrogen-bond acceptors (Lipinski definition) is 5. The van der Waals surface area contributed by atoms with Crippen molar-refractivity contribution in [2.45, 2.75) is 19.9 Å². The highest BCUT2D eigenvalue weighted by atomic mass is 32.1. The summed E-state index contributed by atoms with van der Waals surface area (Å²) in [5.74, 6) is -0.733. The first-order chi connectivity index (χ1) is 12.4. The highest BCUT2D eigenvalue weighted by molar-refractivity contribution is 7.21. The smallest absolute Gasteiger partial charge is 0.267 e. The van der Waals surface area contributed by atoms with E-state index in [2.05, 4.69) is 17.3 Å². The number of thiophene rings is 1. The first-order valence-electron chi connectivity index (χ1n) is 8.39. The van der Waals surface area contributed by atoms with E-state index in [1.165, 1.54) is 23.5 Å². The van der Waals surface area contributed by atoms with E-state index in [9.17, 15) is 9.18 Å². The van der Waals surface area contributed by atoms with Crippen molar-refractivity contribution in [2.24, 2.45) is 0 Å². The number of rotatable bonds is 2. The number of hydrogen-bond donors (Lipinski definition) is 2. The molecular weight excluding hydrogens is 351 g/mol. The Morgan fingerprint density at radius 2 is 2.19 bits per heavy atom. The number of nitrogens with zero attached hydrogens (tertiary/aromatic N) is 2. The molecule has 5 nitrogen and oxygen atoms in total. The first-order valence-corrected chi connectivity index (χ1v) is 9.21. The number of benzene rings is 1. The van der Waals surface area contributed by atoms with Crippen molar-refractivity contribution in [1.82, 2.24) is 9.88 Å². The molecule has 0 saturated heterocycles. The summed E-state index contributed by atoms with van der Waals surface area (Å²) in [4.78, 5) is 20.8. The van der Waals surface area contributed by atoms with Gasteiger partial charge in [0.2, 0.25) is 0 Å². The van der Waals surface area contributed by atoms with Crippen LogP contribution in [0.3, 0.4) is 0 Å². The fourth-order valence-electron chi connectivity index (χ4n) is 3.22. The molecule has 3 N–H and O–H groups in total. The van der Waals surface area contributed by atoms with Gasteiger partial charge in [-0.2, -0.15) is 0 Å². The zero-order valence-corrected chi connectivity index (χ0v) is 15.4. The summed E-state index contributed by atoms with van der Waals surface area (Å²) >= 11 is 1.28. The van der Waals surface area contributed by atoms with Crippen LogP contribution in [0, 0.1) is 12.7 Å². The highest BCUT2D eigenvalue weighted by Gasteiger charge is 2.22. The summed E-state index contributed by atoms with van der Waals surface area (Å²) in [6.45, 7) is 3.62. The van der Waals surface area contributed by atoms with E-state index in [-0.39, 0.29) is 5.91 Å². The third-order valence-corrected chi connectivity index (χ3v) is 5.83. The van der Waals surface area contributed by atoms with Crippen LogP contribution in [0.4, 0.5) is 15.8 Å². The number of halogens is 1. The van der Waals surface area contributed by atoms with Crippen molar-refractivity contribution < 1.29 is 9.18 Å². The van der Waals surface area contributed by atoms with Crippen molar-refractivity contribution in [1.29, 1.82) is 0 Å². The average molecular weight is 370 g/mol. The van der Waals surface area contributed by atoms with Crippen molar-refractivity contribution in [2.75, 3.05) is 24.6 Å². The lowest BCUT2D eigenvalue weighted by atomic mass is 10.0. The molecule has 1 aromatic carbocycles. The Kier molecular flexibility index (Phi) is 4.13. The summed E-state index contributed by atoms with van der Waals surface area (Å²) in [5, 5.41) is 3.57. The molecule has 26 heavy (non-hydrogen) atoms. The molecular formula is C19H19FN4OS. The minimum Gasteiger partial charge on any atom is -0.397 e. The van der Waals surface area contributed by atoms with Crippen LogP contribution in [0.25, 0.3) is 10.2 Å². The predicted octanol–water partition coefficient (Wildman–Crippen LogP) is 3.57. The summed E-state index contributed by atoms with van der Waals surface area (Å²) in [5.41, 5.74) is 10.1. The van der Waals surface area contributed by atoms with Crippen LogP contribution in [0.5, 0.6) is 0 Å². The molecule has 1 aliphatic heterocycles. The normalized spacial score (nSPS) is 14.4. The van der Waals surface area contributed by atoms with E-state index in [0.717, 1.165) is 46.5 Å². The quantitative estimate of drug-likeness (QED) is 0.723. The Morgan fingerprint density at radius 1 is 1.38 bits per heavy atom. The molecule has 0 radical (unpaired) electrons. The lowest BCUT2D eigenvalue weighted by molar-refractivity contribution is 0.103. The number of aromatic nitrogens is 1. The van der Waals surface area contributed by atoms with Gasteiger partial charge in [0.05, 0.1) is 5.69 Å². The molecule has 2 aromatic heterocycles. The SMILES string of the molecule is Cc1ccc(F)cc1NC(=O)c1sc2nc3c(cc2c1N)CN(C)CC3. The zero-order chi connectivity index (χ0) is 18.4. The van der Waals surface area contributed by atoms with E-state index < -0.39 is 5.82 Å². The molecule has 3 heterocycles. The number of carbonyl (C=O) groups excluding carboxylic acids is 1. The first kappa shape index (κ1) is 16.9. The molecule has 0 saturated carbocycles. The summed E-state index contributed by atoms with van der Waals surface area (Å²) in [6, 6.07) is 6.35. The van der Waals surface area contributed by atoms with Crippen LogP contribution in [-0.4, -0.2) is 29.4 Å². The number of nitrogens with one attached hydrogen (secondary N) is 1. The minimum atomic E-state index is -0.395. The Hall–Kier alpha value is -2.51. The lowest BCUT2D eigenvalue weighted by Gasteiger charge is -2.24. The molecule has 0 spiro atoms. The van der Waals surface area contributed by atoms with Gasteiger partial charge in [0.25, 0.3) is 5.91 Å². The monoisotopic (exact) mass is 370 g/mol. The van der Waals surface area contributed by atoms with Gasteiger partial charge in [-0.3, -0.25) is 4.79 Å². The van der Waals surface area contributed by atoms with Gasteiger partial charge < -0.3 is 16.0 Å². The average Bonchev–Trinajstić information content (AvgIpc) is 2.92. The molecule has 0 bridgehead atoms. The Bertz CT molecular complexity index is 1030. The number of aryl methyl sites for hydroxylation is 1. The maximum Gasteiger partial charge on any atom is 0.267 e. The van der Waals surface area contributed by atoms with E-state index in [0.29, 0.717) is 16.3 Å². The largest absolute Gasteiger partial charge is 0.397 e. The van der Waals surface area contributed by atoms with Gasteiger partial charge in [0.15, 0.2) is 0 Å². The summed E-state index contributed by atoms with van der Waals surface area (Å²) in [6.07, 6.45) is 0.892. The Balaban J connectivity index is 1.71. The second-order valence-corrected chi connectivity index (χ2v) is 7.69. The van der Waals surface area contributed by atoms with Gasteiger partial charge in [-0.25, -0.2) is 9.37 Å². The lowest BCUT2D eigenvalue weighted by Crippen LogP contribution is -2.27. The van der Waals surface area contributed by atoms with Gasteiger partial charge in [-0.1, -0.05) is 6.07 Å². The fraction of sp³-hybridized carbons (Fsp3) is 0.263. The second-order valence-electron chi connectivity index (χ2n) is 6.69. The van der Waals surface area contributed by atoms with Crippen LogP contribution < -0.4 is 11.1 Å². The molecule has 4 rings (SSSR count). The van der Waals surface area contributed by atoms with Crippen LogP contribution in [0.1, 0.15) is 26.5 Å². The van der Waals surface area contributed by atoms with Gasteiger partial charge >= 0.3 is 0 Å². The Labute approximate surface area is 154 Å². The highest BCUT2D eigenvalue weighted by Crippen LogP contribution is 2.35. The minimum absolute atomic E-state index is 0.339. The molecule has 0 unspecified atom stereocenters. The number of likely N-dealkylation sites (N-methyl/N-ethyl adjacent to an activating group) is 1. The zero-order valence-electron chi connectivity index (χ0n) is 14.6. The Morgan fingerprint density at radius 3 is 3.00 bits per heavy atom. The van der Waals surface area contributed by atoms with Crippen LogP contribution in [0.15, 0.2) is 24.3 Å². The molecule has 3 aromatic rings. The number of nitrogens with two attached hydrogens (primary N) is 1. The summed E-state index contributed by atoms with van der Waals surface area (Å²) < 4.78 is 13.5. The van der Waals surface area contributed by atoms with Crippen molar-refractivity contribution in [3.8, 4) is 0 Å². The standard InChI is InChI=1S/C19H19FN4OS/c1-10-3-4-12(20)8-15(10)22-18(25)17-16(21)13-7-11-9-24(2)6-5-14(11)23-19(13)26-17/h3-4,7-8H,5-6,9,21H2,1-2H3,(H,22,25). The van der Waals surface area contributed by atoms with E-state index in [1.807, 2.05) is 13.0 Å². The summed E-state index contributed by atoms with van der Waals surface area (Å²) in [7, 11) is 2.07. The van der Waals surface area contributed by atoms with Crippen LogP contribution >= 0.6 is 11.3 Å². The molecule has 1 amide bonds. The molecule has 1 aliphatic rings. The van der Waals surface area contributed by atoms with Crippen LogP contribution in [0.2, 0.25) is 0 Å². The molecule has 134 valence electrons. The maximum absolute atomic E-state index is 13.5. The second kappa shape index (κ2) is 6.34. The number of carbonyl (C=O) groups is 1. The molecule has 0 aliphatic carbocycles. The molecule has 7 heteroatoms. The van der Waals surface area contributed by atoms with E-state index in [1.54, 1.807) is 6.07 Å². The maximum atomic E-state index is 13.5. The fourth-order valence-corrected chi connectivity index (χ4v) is 4.21. The van der Waals surface area contributed by atoms with E-state index in [4.69, 9.17) is 10.7 Å². The van der Waals surface area contributed by atoms with Crippen LogP contribution in [-0.2, 0) is 13.0 Å². The number of nitrogen functional groups attached to an aromatic ring is 1. The predicted molar refractivity (Wildman–Crippen MR) is 103 cm³/mol. The molecule has 0 fully saturated rings. The van der Waals surface area contributed by atoms with Gasteiger partial charge in [0.1, 0.15) is 15.5 Å². The number of pyridine rings is 1. The van der Waals surface area contributed by atoms with Gasteiger partial charge in [0, 0.05) is 36.3 Å². The third kappa shape index (κ3) is 2.93. The number of amides is 1. The number of anilines is 2. The van der Waals surface area contributed by atoms with Crippen molar-refractivity contribution in [3.05, 3.63) is 51.8 Å². The third-order valence-electron chi connectivity index (χ3n) is 4.71. The van der Waals surface area contributed by atoms with Gasteiger partial charge in [-0.05, 0) is 43.3 Å². The van der Waals surface area contributed by atoms with Gasteiger partial charge in [-0.15, -0.1) is 11.3 Å².